The first-order valence-electron chi connectivity index (χ1n) is 5.45. The molecule has 5 heteroatoms. The van der Waals surface area contributed by atoms with Crippen molar-refractivity contribution in [3.05, 3.63) is 40.2 Å². The molecule has 1 aromatic carbocycles. The Morgan fingerprint density at radius 1 is 1.35 bits per heavy atom. The monoisotopic (exact) mass is 250 g/mol. The topological polar surface area (TPSA) is 56.7 Å². The maximum absolute atomic E-state index is 6.27. The van der Waals surface area contributed by atoms with Gasteiger partial charge in [0.2, 0.25) is 0 Å². The van der Waals surface area contributed by atoms with Crippen LogP contribution in [0.25, 0.3) is 5.69 Å². The maximum Gasteiger partial charge on any atom is 0.102 e. The lowest BCUT2D eigenvalue weighted by atomic mass is 10.2. The van der Waals surface area contributed by atoms with Gasteiger partial charge in [-0.25, -0.2) is 4.68 Å². The molecular formula is C12H15ClN4. The normalized spacial score (nSPS) is 12.8. The fraction of sp³-hybridized carbons (Fsp3) is 0.333. The number of benzene rings is 1. The van der Waals surface area contributed by atoms with E-state index in [4.69, 9.17) is 17.3 Å². The summed E-state index contributed by atoms with van der Waals surface area (Å²) >= 11 is 6.27. The predicted octanol–water partition coefficient (Wildman–Crippen LogP) is 2.56. The minimum absolute atomic E-state index is 0.132. The minimum atomic E-state index is -0.132. The number of hydrogen-bond donors (Lipinski definition) is 1. The molecule has 0 amide bonds. The van der Waals surface area contributed by atoms with E-state index in [-0.39, 0.29) is 6.04 Å². The van der Waals surface area contributed by atoms with E-state index in [0.717, 1.165) is 22.6 Å². The molecule has 1 unspecified atom stereocenters. The Bertz CT molecular complexity index is 545. The van der Waals surface area contributed by atoms with E-state index in [1.807, 2.05) is 39.0 Å². The summed E-state index contributed by atoms with van der Waals surface area (Å²) in [5, 5.41) is 8.89. The molecule has 0 aliphatic rings. The molecule has 90 valence electrons. The zero-order chi connectivity index (χ0) is 12.6. The summed E-state index contributed by atoms with van der Waals surface area (Å²) in [7, 11) is 0. The van der Waals surface area contributed by atoms with Gasteiger partial charge in [-0.05, 0) is 32.4 Å². The molecule has 1 aromatic heterocycles. The van der Waals surface area contributed by atoms with Crippen molar-refractivity contribution in [1.82, 2.24) is 15.0 Å². The summed E-state index contributed by atoms with van der Waals surface area (Å²) in [6.07, 6.45) is 0. The smallest absolute Gasteiger partial charge is 0.102 e. The third-order valence-electron chi connectivity index (χ3n) is 2.76. The van der Waals surface area contributed by atoms with Gasteiger partial charge in [-0.1, -0.05) is 28.9 Å². The fourth-order valence-electron chi connectivity index (χ4n) is 1.79. The molecule has 0 saturated carbocycles. The highest BCUT2D eigenvalue weighted by atomic mass is 35.5. The van der Waals surface area contributed by atoms with E-state index in [1.165, 1.54) is 0 Å². The molecule has 0 aliphatic carbocycles. The van der Waals surface area contributed by atoms with E-state index in [2.05, 4.69) is 10.3 Å². The second-order valence-corrected chi connectivity index (χ2v) is 4.55. The molecule has 0 fully saturated rings. The molecular weight excluding hydrogens is 236 g/mol. The van der Waals surface area contributed by atoms with Crippen LogP contribution in [0.15, 0.2) is 18.2 Å². The van der Waals surface area contributed by atoms with Gasteiger partial charge in [-0.3, -0.25) is 0 Å². The van der Waals surface area contributed by atoms with Gasteiger partial charge in [-0.15, -0.1) is 5.10 Å². The first-order valence-corrected chi connectivity index (χ1v) is 5.83. The van der Waals surface area contributed by atoms with Crippen LogP contribution in [-0.2, 0) is 0 Å². The van der Waals surface area contributed by atoms with Crippen LogP contribution >= 0.6 is 11.6 Å². The predicted molar refractivity (Wildman–Crippen MR) is 68.4 cm³/mol. The number of hydrogen-bond acceptors (Lipinski definition) is 3. The lowest BCUT2D eigenvalue weighted by Crippen LogP contribution is -2.08. The van der Waals surface area contributed by atoms with Crippen molar-refractivity contribution in [2.45, 2.75) is 26.8 Å². The van der Waals surface area contributed by atoms with Gasteiger partial charge in [0.05, 0.1) is 16.4 Å². The highest BCUT2D eigenvalue weighted by molar-refractivity contribution is 6.33. The number of aromatic nitrogens is 3. The Hall–Kier alpha value is -1.39. The molecule has 0 spiro atoms. The molecule has 1 atom stereocenters. The molecule has 4 nitrogen and oxygen atoms in total. The van der Waals surface area contributed by atoms with Crippen LogP contribution in [0, 0.1) is 13.8 Å². The van der Waals surface area contributed by atoms with Gasteiger partial charge in [0.1, 0.15) is 5.69 Å². The Morgan fingerprint density at radius 3 is 2.65 bits per heavy atom. The quantitative estimate of drug-likeness (QED) is 0.891. The molecule has 2 rings (SSSR count). The van der Waals surface area contributed by atoms with Crippen molar-refractivity contribution in [3.63, 3.8) is 0 Å². The van der Waals surface area contributed by atoms with Crippen molar-refractivity contribution in [2.24, 2.45) is 5.73 Å². The Morgan fingerprint density at radius 2 is 2.06 bits per heavy atom. The number of nitrogens with zero attached hydrogens (tertiary/aromatic N) is 3. The largest absolute Gasteiger partial charge is 0.323 e. The first-order chi connectivity index (χ1) is 8.02. The van der Waals surface area contributed by atoms with E-state index >= 15 is 0 Å². The summed E-state index contributed by atoms with van der Waals surface area (Å²) < 4.78 is 1.73. The lowest BCUT2D eigenvalue weighted by molar-refractivity contribution is 0.756. The standard InChI is InChI=1S/C12H15ClN4/c1-7-5-4-6-10(11(7)13)17-9(3)12(8(2)14)15-16-17/h4-6,8H,14H2,1-3H3. The van der Waals surface area contributed by atoms with Crippen molar-refractivity contribution in [2.75, 3.05) is 0 Å². The first kappa shape index (κ1) is 12.1. The molecule has 0 bridgehead atoms. The van der Waals surface area contributed by atoms with Crippen molar-refractivity contribution >= 4 is 11.6 Å². The third kappa shape index (κ3) is 2.06. The Labute approximate surface area is 105 Å². The fourth-order valence-corrected chi connectivity index (χ4v) is 1.99. The molecule has 2 aromatic rings. The van der Waals surface area contributed by atoms with E-state index in [9.17, 15) is 0 Å². The van der Waals surface area contributed by atoms with Crippen LogP contribution in [0.1, 0.15) is 29.9 Å². The van der Waals surface area contributed by atoms with Crippen molar-refractivity contribution in [3.8, 4) is 5.69 Å². The Kier molecular flexibility index (Phi) is 3.17. The van der Waals surface area contributed by atoms with Gasteiger partial charge >= 0.3 is 0 Å². The maximum atomic E-state index is 6.27. The summed E-state index contributed by atoms with van der Waals surface area (Å²) in [4.78, 5) is 0. The van der Waals surface area contributed by atoms with Crippen molar-refractivity contribution in [1.29, 1.82) is 0 Å². The zero-order valence-electron chi connectivity index (χ0n) is 10.1. The van der Waals surface area contributed by atoms with Gasteiger partial charge in [0.25, 0.3) is 0 Å². The number of halogens is 1. The van der Waals surface area contributed by atoms with Gasteiger partial charge in [0, 0.05) is 6.04 Å². The zero-order valence-corrected chi connectivity index (χ0v) is 10.9. The summed E-state index contributed by atoms with van der Waals surface area (Å²) in [6.45, 7) is 5.79. The molecule has 2 N–H and O–H groups in total. The molecule has 0 radical (unpaired) electrons. The number of aryl methyl sites for hydroxylation is 1. The highest BCUT2D eigenvalue weighted by Gasteiger charge is 2.15. The van der Waals surface area contributed by atoms with Crippen LogP contribution in [-0.4, -0.2) is 15.0 Å². The number of rotatable bonds is 2. The van der Waals surface area contributed by atoms with Gasteiger partial charge in [0.15, 0.2) is 0 Å². The van der Waals surface area contributed by atoms with Crippen LogP contribution in [0.2, 0.25) is 5.02 Å². The van der Waals surface area contributed by atoms with Crippen LogP contribution in [0.4, 0.5) is 0 Å². The van der Waals surface area contributed by atoms with E-state index < -0.39 is 0 Å². The second-order valence-electron chi connectivity index (χ2n) is 4.17. The summed E-state index contributed by atoms with van der Waals surface area (Å²) in [5.41, 5.74) is 9.39. The molecule has 17 heavy (non-hydrogen) atoms. The van der Waals surface area contributed by atoms with E-state index in [1.54, 1.807) is 4.68 Å². The Balaban J connectivity index is 2.58. The highest BCUT2D eigenvalue weighted by Crippen LogP contribution is 2.25. The van der Waals surface area contributed by atoms with E-state index in [0.29, 0.717) is 5.02 Å². The van der Waals surface area contributed by atoms with Crippen molar-refractivity contribution < 1.29 is 0 Å². The van der Waals surface area contributed by atoms with Gasteiger partial charge in [-0.2, -0.15) is 0 Å². The van der Waals surface area contributed by atoms with Crippen LogP contribution < -0.4 is 5.73 Å². The summed E-state index contributed by atoms with van der Waals surface area (Å²) in [5.74, 6) is 0. The number of nitrogens with two attached hydrogens (primary N) is 1. The molecule has 0 aliphatic heterocycles. The molecule has 1 heterocycles. The van der Waals surface area contributed by atoms with Gasteiger partial charge < -0.3 is 5.73 Å². The molecule has 0 saturated heterocycles. The third-order valence-corrected chi connectivity index (χ3v) is 3.25. The average Bonchev–Trinajstić information content (AvgIpc) is 2.64. The van der Waals surface area contributed by atoms with Crippen LogP contribution in [0.5, 0.6) is 0 Å². The van der Waals surface area contributed by atoms with Crippen LogP contribution in [0.3, 0.4) is 0 Å². The minimum Gasteiger partial charge on any atom is -0.323 e. The average molecular weight is 251 g/mol. The lowest BCUT2D eigenvalue weighted by Gasteiger charge is -2.08. The second kappa shape index (κ2) is 4.47. The SMILES string of the molecule is Cc1cccc(-n2nnc(C(C)N)c2C)c1Cl. The summed E-state index contributed by atoms with van der Waals surface area (Å²) in [6, 6.07) is 5.70.